The standard InChI is InChI=1S/C25H36N2O/c1-4-24-12-17-13-25(15-24,18-8-6-5-7-9-18)14-19(24)21(17)22(28)27-11-10-20(26)23(2,3)16-27/h5-9,17,19-21H,4,10-16,26H2,1-3H3/t17?,19?,20-,21?,24?,25?/m0/s1. The molecule has 1 aromatic carbocycles. The number of amides is 1. The second kappa shape index (κ2) is 6.08. The van der Waals surface area contributed by atoms with Crippen molar-refractivity contribution in [1.29, 1.82) is 0 Å². The van der Waals surface area contributed by atoms with Crippen LogP contribution < -0.4 is 5.73 Å². The van der Waals surface area contributed by atoms with Gasteiger partial charge in [0.05, 0.1) is 0 Å². The molecule has 1 aromatic rings. The molecule has 28 heavy (non-hydrogen) atoms. The van der Waals surface area contributed by atoms with Crippen molar-refractivity contribution in [3.8, 4) is 0 Å². The molecule has 5 aliphatic rings. The van der Waals surface area contributed by atoms with E-state index in [1.54, 1.807) is 0 Å². The zero-order valence-corrected chi connectivity index (χ0v) is 17.8. The number of nitrogens with two attached hydrogens (primary N) is 1. The van der Waals surface area contributed by atoms with Crippen LogP contribution in [-0.2, 0) is 10.2 Å². The third-order valence-corrected chi connectivity index (χ3v) is 9.35. The van der Waals surface area contributed by atoms with Crippen molar-refractivity contribution in [2.75, 3.05) is 13.1 Å². The van der Waals surface area contributed by atoms with Gasteiger partial charge in [-0.1, -0.05) is 57.5 Å². The second-order valence-corrected chi connectivity index (χ2v) is 11.2. The maximum atomic E-state index is 13.8. The molecule has 3 nitrogen and oxygen atoms in total. The molecule has 4 saturated carbocycles. The number of hydrogen-bond acceptors (Lipinski definition) is 2. The zero-order chi connectivity index (χ0) is 19.7. The van der Waals surface area contributed by atoms with Crippen LogP contribution in [0.3, 0.4) is 0 Å². The highest BCUT2D eigenvalue weighted by molar-refractivity contribution is 5.81. The van der Waals surface area contributed by atoms with Gasteiger partial charge < -0.3 is 10.6 Å². The van der Waals surface area contributed by atoms with Gasteiger partial charge in [0, 0.05) is 25.0 Å². The molecule has 1 amide bonds. The molecule has 4 aliphatic carbocycles. The monoisotopic (exact) mass is 380 g/mol. The first kappa shape index (κ1) is 18.7. The lowest BCUT2D eigenvalue weighted by Gasteiger charge is -2.46. The Morgan fingerprint density at radius 1 is 1.18 bits per heavy atom. The second-order valence-electron chi connectivity index (χ2n) is 11.2. The molecule has 5 fully saturated rings. The quantitative estimate of drug-likeness (QED) is 0.847. The number of benzene rings is 1. The summed E-state index contributed by atoms with van der Waals surface area (Å²) in [6.07, 6.45) is 7.16. The summed E-state index contributed by atoms with van der Waals surface area (Å²) >= 11 is 0. The van der Waals surface area contributed by atoms with Crippen LogP contribution in [0.2, 0.25) is 0 Å². The molecule has 1 saturated heterocycles. The van der Waals surface area contributed by atoms with Gasteiger partial charge in [-0.25, -0.2) is 0 Å². The Morgan fingerprint density at radius 3 is 2.61 bits per heavy atom. The van der Waals surface area contributed by atoms with Crippen LogP contribution in [0.4, 0.5) is 0 Å². The SMILES string of the molecule is CCC12CC3CC(c4ccccc4)(CC1C3C(=O)N1CC[C@H](N)C(C)(C)C1)C2. The van der Waals surface area contributed by atoms with E-state index in [9.17, 15) is 4.79 Å². The molecule has 6 rings (SSSR count). The van der Waals surface area contributed by atoms with Crippen LogP contribution in [0.1, 0.15) is 64.9 Å². The molecule has 6 atom stereocenters. The van der Waals surface area contributed by atoms with E-state index < -0.39 is 0 Å². The van der Waals surface area contributed by atoms with Crippen LogP contribution in [0, 0.1) is 28.6 Å². The first-order valence-electron chi connectivity index (χ1n) is 11.4. The Hall–Kier alpha value is -1.35. The lowest BCUT2D eigenvalue weighted by molar-refractivity contribution is -0.143. The Balaban J connectivity index is 1.43. The maximum absolute atomic E-state index is 13.8. The van der Waals surface area contributed by atoms with Crippen LogP contribution in [-0.4, -0.2) is 29.9 Å². The number of piperidine rings is 1. The summed E-state index contributed by atoms with van der Waals surface area (Å²) < 4.78 is 0. The highest BCUT2D eigenvalue weighted by atomic mass is 16.2. The Morgan fingerprint density at radius 2 is 1.93 bits per heavy atom. The highest BCUT2D eigenvalue weighted by Gasteiger charge is 2.69. The van der Waals surface area contributed by atoms with E-state index in [1.165, 1.54) is 37.7 Å². The van der Waals surface area contributed by atoms with Gasteiger partial charge >= 0.3 is 0 Å². The van der Waals surface area contributed by atoms with E-state index in [4.69, 9.17) is 5.73 Å². The fourth-order valence-corrected chi connectivity index (χ4v) is 7.89. The first-order chi connectivity index (χ1) is 13.3. The third-order valence-electron chi connectivity index (χ3n) is 9.35. The molecule has 152 valence electrons. The predicted octanol–water partition coefficient (Wildman–Crippen LogP) is 4.36. The number of nitrogens with zero attached hydrogens (tertiary/aromatic N) is 1. The number of hydrogen-bond donors (Lipinski definition) is 1. The molecule has 0 spiro atoms. The third kappa shape index (κ3) is 2.47. The molecular formula is C25H36N2O. The van der Waals surface area contributed by atoms with E-state index in [2.05, 4.69) is 56.0 Å². The van der Waals surface area contributed by atoms with E-state index in [-0.39, 0.29) is 17.4 Å². The van der Waals surface area contributed by atoms with Crippen LogP contribution in [0.5, 0.6) is 0 Å². The van der Waals surface area contributed by atoms with Crippen molar-refractivity contribution in [1.82, 2.24) is 4.90 Å². The maximum Gasteiger partial charge on any atom is 0.226 e. The number of carbonyl (C=O) groups excluding carboxylic acids is 1. The van der Waals surface area contributed by atoms with E-state index >= 15 is 0 Å². The van der Waals surface area contributed by atoms with Crippen LogP contribution in [0.25, 0.3) is 0 Å². The van der Waals surface area contributed by atoms with E-state index in [1.807, 2.05) is 0 Å². The minimum Gasteiger partial charge on any atom is -0.342 e. The summed E-state index contributed by atoms with van der Waals surface area (Å²) in [6, 6.07) is 11.4. The van der Waals surface area contributed by atoms with Crippen molar-refractivity contribution in [3.05, 3.63) is 35.9 Å². The lowest BCUT2D eigenvalue weighted by Crippen LogP contribution is -2.56. The molecule has 1 aliphatic heterocycles. The van der Waals surface area contributed by atoms with Crippen molar-refractivity contribution in [2.45, 2.75) is 70.8 Å². The molecule has 3 heteroatoms. The molecule has 0 aromatic heterocycles. The summed E-state index contributed by atoms with van der Waals surface area (Å²) in [5.74, 6) is 1.85. The van der Waals surface area contributed by atoms with Crippen molar-refractivity contribution in [3.63, 3.8) is 0 Å². The van der Waals surface area contributed by atoms with Crippen molar-refractivity contribution >= 4 is 5.91 Å². The largest absolute Gasteiger partial charge is 0.342 e. The van der Waals surface area contributed by atoms with Crippen LogP contribution in [0.15, 0.2) is 30.3 Å². The highest BCUT2D eigenvalue weighted by Crippen LogP contribution is 2.73. The van der Waals surface area contributed by atoms with Gasteiger partial charge in [-0.15, -0.1) is 0 Å². The number of rotatable bonds is 3. The van der Waals surface area contributed by atoms with Gasteiger partial charge in [-0.2, -0.15) is 0 Å². The zero-order valence-electron chi connectivity index (χ0n) is 17.8. The number of carbonyl (C=O) groups is 1. The molecular weight excluding hydrogens is 344 g/mol. The first-order valence-corrected chi connectivity index (χ1v) is 11.4. The molecule has 2 N–H and O–H groups in total. The fraction of sp³-hybridized carbons (Fsp3) is 0.720. The van der Waals surface area contributed by atoms with Crippen molar-refractivity contribution < 1.29 is 4.79 Å². The summed E-state index contributed by atoms with van der Waals surface area (Å²) in [7, 11) is 0. The number of likely N-dealkylation sites (tertiary alicyclic amines) is 1. The topological polar surface area (TPSA) is 46.3 Å². The lowest BCUT2D eigenvalue weighted by atomic mass is 9.61. The average Bonchev–Trinajstić information content (AvgIpc) is 3.06. The molecule has 5 unspecified atom stereocenters. The minimum atomic E-state index is 0.0252. The Bertz CT molecular complexity index is 774. The summed E-state index contributed by atoms with van der Waals surface area (Å²) in [5.41, 5.74) is 8.60. The van der Waals surface area contributed by atoms with Gasteiger partial charge in [0.2, 0.25) is 5.91 Å². The van der Waals surface area contributed by atoms with Gasteiger partial charge in [0.25, 0.3) is 0 Å². The minimum absolute atomic E-state index is 0.0252. The average molecular weight is 381 g/mol. The molecule has 1 heterocycles. The Kier molecular flexibility index (Phi) is 4.05. The predicted molar refractivity (Wildman–Crippen MR) is 113 cm³/mol. The normalized spacial score (nSPS) is 43.5. The smallest absolute Gasteiger partial charge is 0.226 e. The van der Waals surface area contributed by atoms with Gasteiger partial charge in [0.1, 0.15) is 0 Å². The summed E-state index contributed by atoms with van der Waals surface area (Å²) in [4.78, 5) is 15.9. The van der Waals surface area contributed by atoms with Gasteiger partial charge in [0.15, 0.2) is 0 Å². The van der Waals surface area contributed by atoms with Gasteiger partial charge in [-0.3, -0.25) is 4.79 Å². The summed E-state index contributed by atoms with van der Waals surface area (Å²) in [6.45, 7) is 8.49. The van der Waals surface area contributed by atoms with Gasteiger partial charge in [-0.05, 0) is 65.7 Å². The van der Waals surface area contributed by atoms with E-state index in [0.29, 0.717) is 28.6 Å². The summed E-state index contributed by atoms with van der Waals surface area (Å²) in [5, 5.41) is 0. The Labute approximate surface area is 170 Å². The fourth-order valence-electron chi connectivity index (χ4n) is 7.89. The van der Waals surface area contributed by atoms with E-state index in [0.717, 1.165) is 19.5 Å². The van der Waals surface area contributed by atoms with Crippen LogP contribution >= 0.6 is 0 Å². The molecule has 4 bridgehead atoms. The van der Waals surface area contributed by atoms with Crippen molar-refractivity contribution in [2.24, 2.45) is 34.3 Å². The molecule has 0 radical (unpaired) electrons.